The van der Waals surface area contributed by atoms with E-state index in [4.69, 9.17) is 0 Å². The zero-order valence-corrected chi connectivity index (χ0v) is 13.9. The molecule has 0 aliphatic heterocycles. The number of nitrogens with one attached hydrogen (secondary N) is 1. The van der Waals surface area contributed by atoms with Crippen LogP contribution in [0.3, 0.4) is 0 Å². The third-order valence-electron chi connectivity index (χ3n) is 4.84. The lowest BCUT2D eigenvalue weighted by molar-refractivity contribution is 0.0818. The number of benzene rings is 2. The highest BCUT2D eigenvalue weighted by atomic mass is 16.2. The first kappa shape index (κ1) is 15.6. The Bertz CT molecular complexity index is 854. The minimum Gasteiger partial charge on any atom is -0.341 e. The van der Waals surface area contributed by atoms with Crippen molar-refractivity contribution < 1.29 is 4.79 Å². The molecule has 0 atom stereocenters. The molecule has 5 heteroatoms. The molecule has 0 spiro atoms. The third-order valence-corrected chi connectivity index (χ3v) is 4.84. The van der Waals surface area contributed by atoms with E-state index < -0.39 is 0 Å². The lowest BCUT2D eigenvalue weighted by Crippen LogP contribution is -2.50. The molecule has 5 nitrogen and oxygen atoms in total. The van der Waals surface area contributed by atoms with E-state index >= 15 is 0 Å². The van der Waals surface area contributed by atoms with Crippen molar-refractivity contribution >= 4 is 5.91 Å². The van der Waals surface area contributed by atoms with Gasteiger partial charge in [-0.2, -0.15) is 0 Å². The predicted octanol–water partition coefficient (Wildman–Crippen LogP) is 3.14. The summed E-state index contributed by atoms with van der Waals surface area (Å²) < 4.78 is 1.69. The number of hydrogen-bond acceptors (Lipinski definition) is 3. The fourth-order valence-electron chi connectivity index (χ4n) is 3.30. The molecule has 0 bridgehead atoms. The molecule has 2 aromatic carbocycles. The van der Waals surface area contributed by atoms with E-state index in [9.17, 15) is 4.79 Å². The summed E-state index contributed by atoms with van der Waals surface area (Å²) >= 11 is 0. The van der Waals surface area contributed by atoms with Crippen LogP contribution < -0.4 is 5.32 Å². The largest absolute Gasteiger partial charge is 0.341 e. The maximum absolute atomic E-state index is 12.7. The first-order valence-electron chi connectivity index (χ1n) is 8.57. The molecule has 3 aromatic rings. The molecule has 25 heavy (non-hydrogen) atoms. The van der Waals surface area contributed by atoms with Gasteiger partial charge in [-0.1, -0.05) is 65.9 Å². The zero-order chi connectivity index (χ0) is 17.1. The van der Waals surface area contributed by atoms with Gasteiger partial charge in [0.1, 0.15) is 0 Å². The maximum atomic E-state index is 12.7. The Morgan fingerprint density at radius 2 is 1.72 bits per heavy atom. The molecular weight excluding hydrogens is 312 g/mol. The second-order valence-corrected chi connectivity index (χ2v) is 6.54. The molecule has 1 heterocycles. The van der Waals surface area contributed by atoms with Gasteiger partial charge in [-0.15, -0.1) is 5.10 Å². The summed E-state index contributed by atoms with van der Waals surface area (Å²) in [5.74, 6) is -0.164. The smallest absolute Gasteiger partial charge is 0.274 e. The lowest BCUT2D eigenvalue weighted by Gasteiger charge is -2.43. The van der Waals surface area contributed by atoms with Crippen LogP contribution in [0.15, 0.2) is 66.9 Å². The van der Waals surface area contributed by atoms with E-state index in [1.807, 2.05) is 48.5 Å². The molecule has 1 aliphatic carbocycles. The predicted molar refractivity (Wildman–Crippen MR) is 95.0 cm³/mol. The van der Waals surface area contributed by atoms with Crippen molar-refractivity contribution in [2.24, 2.45) is 0 Å². The second kappa shape index (κ2) is 6.51. The van der Waals surface area contributed by atoms with Gasteiger partial charge in [0.2, 0.25) is 0 Å². The summed E-state index contributed by atoms with van der Waals surface area (Å²) in [5, 5.41) is 11.3. The standard InChI is InChI=1S/C20H20N4O/c25-19(21-20(12-7-13-20)17-10-5-2-6-11-17)18-15-24(23-22-18)14-16-8-3-1-4-9-16/h1-6,8-11,15H,7,12-14H2,(H,21,25). The van der Waals surface area contributed by atoms with E-state index in [-0.39, 0.29) is 11.4 Å². The number of hydrogen-bond donors (Lipinski definition) is 1. The van der Waals surface area contributed by atoms with Gasteiger partial charge in [0.15, 0.2) is 5.69 Å². The van der Waals surface area contributed by atoms with Crippen LogP contribution in [-0.2, 0) is 12.1 Å². The highest BCUT2D eigenvalue weighted by molar-refractivity contribution is 5.92. The zero-order valence-electron chi connectivity index (χ0n) is 13.9. The molecule has 0 saturated heterocycles. The molecule has 1 fully saturated rings. The number of carbonyl (C=O) groups is 1. The van der Waals surface area contributed by atoms with Crippen molar-refractivity contribution in [3.63, 3.8) is 0 Å². The SMILES string of the molecule is O=C(NC1(c2ccccc2)CCC1)c1cn(Cc2ccccc2)nn1. The van der Waals surface area contributed by atoms with E-state index in [1.54, 1.807) is 10.9 Å². The van der Waals surface area contributed by atoms with E-state index in [1.165, 1.54) is 0 Å². The Hall–Kier alpha value is -2.95. The molecule has 1 saturated carbocycles. The van der Waals surface area contributed by atoms with Gasteiger partial charge in [-0.3, -0.25) is 4.79 Å². The van der Waals surface area contributed by atoms with Crippen molar-refractivity contribution in [2.45, 2.75) is 31.3 Å². The summed E-state index contributed by atoms with van der Waals surface area (Å²) in [4.78, 5) is 12.7. The average molecular weight is 332 g/mol. The number of rotatable bonds is 5. The summed E-state index contributed by atoms with van der Waals surface area (Å²) in [5.41, 5.74) is 2.38. The van der Waals surface area contributed by atoms with Crippen molar-refractivity contribution in [3.05, 3.63) is 83.7 Å². The second-order valence-electron chi connectivity index (χ2n) is 6.54. The van der Waals surface area contributed by atoms with Crippen LogP contribution in [0.2, 0.25) is 0 Å². The summed E-state index contributed by atoms with van der Waals surface area (Å²) in [6, 6.07) is 20.2. The quantitative estimate of drug-likeness (QED) is 0.781. The highest BCUT2D eigenvalue weighted by Crippen LogP contribution is 2.41. The topological polar surface area (TPSA) is 59.8 Å². The Kier molecular flexibility index (Phi) is 4.06. The normalized spacial score (nSPS) is 15.4. The van der Waals surface area contributed by atoms with Gasteiger partial charge in [0.25, 0.3) is 5.91 Å². The van der Waals surface area contributed by atoms with Gasteiger partial charge in [-0.25, -0.2) is 4.68 Å². The summed E-state index contributed by atoms with van der Waals surface area (Å²) in [7, 11) is 0. The molecule has 1 N–H and O–H groups in total. The molecule has 0 unspecified atom stereocenters. The maximum Gasteiger partial charge on any atom is 0.274 e. The molecular formula is C20H20N4O. The van der Waals surface area contributed by atoms with Crippen LogP contribution in [0, 0.1) is 0 Å². The molecule has 1 aromatic heterocycles. The highest BCUT2D eigenvalue weighted by Gasteiger charge is 2.40. The average Bonchev–Trinajstić information content (AvgIpc) is 3.08. The summed E-state index contributed by atoms with van der Waals surface area (Å²) in [6.07, 6.45) is 4.75. The van der Waals surface area contributed by atoms with Crippen LogP contribution in [-0.4, -0.2) is 20.9 Å². The fraction of sp³-hybridized carbons (Fsp3) is 0.250. The molecule has 1 aliphatic rings. The van der Waals surface area contributed by atoms with Gasteiger partial charge in [0, 0.05) is 0 Å². The van der Waals surface area contributed by atoms with Gasteiger partial charge in [0.05, 0.1) is 18.3 Å². The van der Waals surface area contributed by atoms with Crippen LogP contribution in [0.5, 0.6) is 0 Å². The van der Waals surface area contributed by atoms with Gasteiger partial charge in [-0.05, 0) is 30.4 Å². The van der Waals surface area contributed by atoms with Crippen LogP contribution in [0.25, 0.3) is 0 Å². The Labute approximate surface area is 146 Å². The van der Waals surface area contributed by atoms with Crippen LogP contribution in [0.4, 0.5) is 0 Å². The fourth-order valence-corrected chi connectivity index (χ4v) is 3.30. The molecule has 0 radical (unpaired) electrons. The van der Waals surface area contributed by atoms with Crippen molar-refractivity contribution in [1.82, 2.24) is 20.3 Å². The Morgan fingerprint density at radius 1 is 1.04 bits per heavy atom. The number of carbonyl (C=O) groups excluding carboxylic acids is 1. The van der Waals surface area contributed by atoms with E-state index in [0.29, 0.717) is 12.2 Å². The van der Waals surface area contributed by atoms with Crippen molar-refractivity contribution in [3.8, 4) is 0 Å². The molecule has 4 rings (SSSR count). The van der Waals surface area contributed by atoms with Crippen LogP contribution in [0.1, 0.15) is 40.9 Å². The van der Waals surface area contributed by atoms with Gasteiger partial charge >= 0.3 is 0 Å². The van der Waals surface area contributed by atoms with Crippen molar-refractivity contribution in [1.29, 1.82) is 0 Å². The van der Waals surface area contributed by atoms with E-state index in [0.717, 1.165) is 30.4 Å². The Morgan fingerprint density at radius 3 is 2.36 bits per heavy atom. The first-order valence-corrected chi connectivity index (χ1v) is 8.57. The van der Waals surface area contributed by atoms with Crippen LogP contribution >= 0.6 is 0 Å². The third kappa shape index (κ3) is 3.18. The van der Waals surface area contributed by atoms with Gasteiger partial charge < -0.3 is 5.32 Å². The summed E-state index contributed by atoms with van der Waals surface area (Å²) in [6.45, 7) is 0.602. The molecule has 1 amide bonds. The number of aromatic nitrogens is 3. The van der Waals surface area contributed by atoms with Crippen molar-refractivity contribution in [2.75, 3.05) is 0 Å². The Balaban J connectivity index is 1.48. The first-order chi connectivity index (χ1) is 12.3. The number of amides is 1. The minimum absolute atomic E-state index is 0.164. The molecule has 126 valence electrons. The minimum atomic E-state index is -0.262. The lowest BCUT2D eigenvalue weighted by atomic mass is 9.71. The monoisotopic (exact) mass is 332 g/mol. The number of nitrogens with zero attached hydrogens (tertiary/aromatic N) is 3. The van der Waals surface area contributed by atoms with E-state index in [2.05, 4.69) is 27.8 Å².